The fraction of sp³-hybridized carbons (Fsp3) is 0.714. The van der Waals surface area contributed by atoms with Crippen LogP contribution in [0.2, 0.25) is 0 Å². The van der Waals surface area contributed by atoms with Crippen LogP contribution in [0.5, 0.6) is 0 Å². The van der Waals surface area contributed by atoms with Crippen molar-refractivity contribution >= 4 is 0 Å². The summed E-state index contributed by atoms with van der Waals surface area (Å²) in [6.45, 7) is 2.18. The Balaban J connectivity index is 2.04. The van der Waals surface area contributed by atoms with E-state index in [0.29, 0.717) is 5.92 Å². The van der Waals surface area contributed by atoms with Gasteiger partial charge in [-0.1, -0.05) is 0 Å². The quantitative estimate of drug-likeness (QED) is 0.607. The van der Waals surface area contributed by atoms with E-state index in [1.807, 2.05) is 0 Å². The first-order chi connectivity index (χ1) is 5.47. The van der Waals surface area contributed by atoms with Crippen molar-refractivity contribution in [2.45, 2.75) is 18.8 Å². The number of nitrogens with one attached hydrogen (secondary N) is 2. The molecule has 2 N–H and O–H groups in total. The van der Waals surface area contributed by atoms with E-state index in [4.69, 9.17) is 0 Å². The van der Waals surface area contributed by atoms with Crippen LogP contribution in [0.15, 0.2) is 6.33 Å². The molecule has 0 radical (unpaired) electrons. The number of rotatable bonds is 1. The van der Waals surface area contributed by atoms with Crippen molar-refractivity contribution in [2.24, 2.45) is 0 Å². The summed E-state index contributed by atoms with van der Waals surface area (Å²) in [7, 11) is 0. The average Bonchev–Trinajstić information content (AvgIpc) is 2.58. The first-order valence-corrected chi connectivity index (χ1v) is 4.03. The van der Waals surface area contributed by atoms with Gasteiger partial charge in [0.25, 0.3) is 0 Å². The molecule has 1 aliphatic rings. The Hall–Kier alpha value is -0.900. The summed E-state index contributed by atoms with van der Waals surface area (Å²) in [5, 5.41) is 10.1. The second-order valence-electron chi connectivity index (χ2n) is 2.91. The van der Waals surface area contributed by atoms with Gasteiger partial charge in [-0.15, -0.1) is 0 Å². The van der Waals surface area contributed by atoms with Crippen LogP contribution in [0.25, 0.3) is 0 Å². The number of aromatic amines is 1. The monoisotopic (exact) mass is 152 g/mol. The molecule has 2 heterocycles. The lowest BCUT2D eigenvalue weighted by molar-refractivity contribution is 0.447. The highest BCUT2D eigenvalue weighted by Gasteiger charge is 2.16. The first-order valence-electron chi connectivity index (χ1n) is 4.03. The maximum absolute atomic E-state index is 4.13. The Morgan fingerprint density at radius 2 is 2.55 bits per heavy atom. The van der Waals surface area contributed by atoms with Crippen molar-refractivity contribution in [1.82, 2.24) is 20.5 Å². The molecule has 1 aromatic rings. The maximum Gasteiger partial charge on any atom is 0.137 e. The van der Waals surface area contributed by atoms with Gasteiger partial charge in [0.05, 0.1) is 0 Å². The van der Waals surface area contributed by atoms with Crippen molar-refractivity contribution in [3.8, 4) is 0 Å². The Kier molecular flexibility index (Phi) is 1.85. The topological polar surface area (TPSA) is 53.6 Å². The molecule has 2 rings (SSSR count). The van der Waals surface area contributed by atoms with Crippen LogP contribution in [-0.2, 0) is 0 Å². The van der Waals surface area contributed by atoms with Crippen LogP contribution in [0.4, 0.5) is 0 Å². The predicted octanol–water partition coefficient (Wildman–Crippen LogP) is 0.272. The van der Waals surface area contributed by atoms with Crippen LogP contribution in [0.3, 0.4) is 0 Å². The summed E-state index contributed by atoms with van der Waals surface area (Å²) in [4.78, 5) is 4.13. The standard InChI is InChI=1S/C7H12N4/c1-2-6(4-8-3-1)7-9-5-10-11-7/h5-6,8H,1-4H2,(H,9,10,11)/t6-/m0/s1. The summed E-state index contributed by atoms with van der Waals surface area (Å²) in [5.74, 6) is 1.57. The molecule has 0 aliphatic carbocycles. The zero-order valence-corrected chi connectivity index (χ0v) is 6.38. The first kappa shape index (κ1) is 6.79. The summed E-state index contributed by atoms with van der Waals surface area (Å²) < 4.78 is 0. The van der Waals surface area contributed by atoms with Crippen LogP contribution < -0.4 is 5.32 Å². The van der Waals surface area contributed by atoms with Crippen LogP contribution in [-0.4, -0.2) is 28.3 Å². The lowest BCUT2D eigenvalue weighted by Crippen LogP contribution is -2.28. The van der Waals surface area contributed by atoms with E-state index in [-0.39, 0.29) is 0 Å². The maximum atomic E-state index is 4.13. The molecule has 4 nitrogen and oxygen atoms in total. The van der Waals surface area contributed by atoms with Gasteiger partial charge in [-0.2, -0.15) is 5.10 Å². The minimum absolute atomic E-state index is 0.547. The average molecular weight is 152 g/mol. The van der Waals surface area contributed by atoms with Gasteiger partial charge in [0, 0.05) is 12.5 Å². The normalized spacial score (nSPS) is 25.3. The van der Waals surface area contributed by atoms with Crippen molar-refractivity contribution < 1.29 is 0 Å². The molecular weight excluding hydrogens is 140 g/mol. The van der Waals surface area contributed by atoms with E-state index >= 15 is 0 Å². The van der Waals surface area contributed by atoms with Crippen LogP contribution in [0.1, 0.15) is 24.6 Å². The van der Waals surface area contributed by atoms with Gasteiger partial charge in [-0.3, -0.25) is 5.10 Å². The van der Waals surface area contributed by atoms with Crippen molar-refractivity contribution in [3.63, 3.8) is 0 Å². The Bertz CT molecular complexity index is 200. The summed E-state index contributed by atoms with van der Waals surface area (Å²) in [6, 6.07) is 0. The molecule has 4 heteroatoms. The summed E-state index contributed by atoms with van der Waals surface area (Å²) >= 11 is 0. The van der Waals surface area contributed by atoms with E-state index in [9.17, 15) is 0 Å². The van der Waals surface area contributed by atoms with E-state index in [1.54, 1.807) is 6.33 Å². The Morgan fingerprint density at radius 3 is 3.18 bits per heavy atom. The SMILES string of the molecule is c1n[nH]c([C@H]2CCCNC2)n1. The minimum Gasteiger partial charge on any atom is -0.316 e. The smallest absolute Gasteiger partial charge is 0.137 e. The minimum atomic E-state index is 0.547. The molecular formula is C7H12N4. The molecule has 0 saturated carbocycles. The van der Waals surface area contributed by atoms with Crippen LogP contribution in [0, 0.1) is 0 Å². The van der Waals surface area contributed by atoms with Gasteiger partial charge < -0.3 is 5.32 Å². The van der Waals surface area contributed by atoms with Gasteiger partial charge in [0.15, 0.2) is 0 Å². The van der Waals surface area contributed by atoms with E-state index in [1.165, 1.54) is 12.8 Å². The number of piperidine rings is 1. The number of hydrogen-bond acceptors (Lipinski definition) is 3. The highest BCUT2D eigenvalue weighted by molar-refractivity contribution is 4.95. The number of hydrogen-bond donors (Lipinski definition) is 2. The van der Waals surface area contributed by atoms with Gasteiger partial charge in [-0.05, 0) is 19.4 Å². The molecule has 11 heavy (non-hydrogen) atoms. The predicted molar refractivity (Wildman–Crippen MR) is 41.2 cm³/mol. The Morgan fingerprint density at radius 1 is 1.55 bits per heavy atom. The van der Waals surface area contributed by atoms with Crippen molar-refractivity contribution in [1.29, 1.82) is 0 Å². The lowest BCUT2D eigenvalue weighted by atomic mass is 9.99. The van der Waals surface area contributed by atoms with Crippen LogP contribution >= 0.6 is 0 Å². The Labute approximate surface area is 65.4 Å². The number of H-pyrrole nitrogens is 1. The molecule has 1 atom stereocenters. The molecule has 60 valence electrons. The van der Waals surface area contributed by atoms with Crippen molar-refractivity contribution in [3.05, 3.63) is 12.2 Å². The molecule has 1 aliphatic heterocycles. The highest BCUT2D eigenvalue weighted by atomic mass is 15.2. The molecule has 0 amide bonds. The van der Waals surface area contributed by atoms with Gasteiger partial charge in [0.1, 0.15) is 12.2 Å². The molecule has 1 saturated heterocycles. The zero-order chi connectivity index (χ0) is 7.52. The molecule has 1 aromatic heterocycles. The van der Waals surface area contributed by atoms with E-state index in [0.717, 1.165) is 18.9 Å². The third kappa shape index (κ3) is 1.40. The van der Waals surface area contributed by atoms with Crippen molar-refractivity contribution in [2.75, 3.05) is 13.1 Å². The van der Waals surface area contributed by atoms with Gasteiger partial charge in [-0.25, -0.2) is 4.98 Å². The van der Waals surface area contributed by atoms with E-state index in [2.05, 4.69) is 20.5 Å². The largest absolute Gasteiger partial charge is 0.316 e. The summed E-state index contributed by atoms with van der Waals surface area (Å²) in [6.07, 6.45) is 4.04. The zero-order valence-electron chi connectivity index (χ0n) is 6.38. The highest BCUT2D eigenvalue weighted by Crippen LogP contribution is 2.18. The second kappa shape index (κ2) is 3.00. The molecule has 0 spiro atoms. The molecule has 0 aromatic carbocycles. The van der Waals surface area contributed by atoms with Gasteiger partial charge in [0.2, 0.25) is 0 Å². The molecule has 1 fully saturated rings. The lowest BCUT2D eigenvalue weighted by Gasteiger charge is -2.19. The molecule has 0 bridgehead atoms. The number of nitrogens with zero attached hydrogens (tertiary/aromatic N) is 2. The van der Waals surface area contributed by atoms with E-state index < -0.39 is 0 Å². The second-order valence-corrected chi connectivity index (χ2v) is 2.91. The third-order valence-corrected chi connectivity index (χ3v) is 2.12. The summed E-state index contributed by atoms with van der Waals surface area (Å²) in [5.41, 5.74) is 0. The molecule has 0 unspecified atom stereocenters. The fourth-order valence-electron chi connectivity index (χ4n) is 1.50. The third-order valence-electron chi connectivity index (χ3n) is 2.12. The number of aromatic nitrogens is 3. The van der Waals surface area contributed by atoms with Gasteiger partial charge >= 0.3 is 0 Å². The fourth-order valence-corrected chi connectivity index (χ4v) is 1.50.